The lowest BCUT2D eigenvalue weighted by atomic mass is 10.0. The molecule has 0 radical (unpaired) electrons. The van der Waals surface area contributed by atoms with Crippen molar-refractivity contribution >= 4 is 43.5 Å². The molecular weight excluding hydrogens is 707 g/mol. The number of aryl methyl sites for hydroxylation is 1. The number of anilines is 1. The van der Waals surface area contributed by atoms with Gasteiger partial charge in [0.05, 0.1) is 16.1 Å². The van der Waals surface area contributed by atoms with E-state index in [1.165, 1.54) is 23.1 Å². The lowest BCUT2D eigenvalue weighted by Gasteiger charge is -2.34. The minimum Gasteiger partial charge on any atom is -0.352 e. The normalized spacial score (nSPS) is 13.0. The van der Waals surface area contributed by atoms with Crippen molar-refractivity contribution < 1.29 is 31.2 Å². The van der Waals surface area contributed by atoms with Crippen molar-refractivity contribution in [2.75, 3.05) is 10.8 Å². The van der Waals surface area contributed by atoms with E-state index >= 15 is 0 Å². The van der Waals surface area contributed by atoms with Crippen molar-refractivity contribution in [3.05, 3.63) is 130 Å². The van der Waals surface area contributed by atoms with Crippen LogP contribution in [0.1, 0.15) is 42.5 Å². The number of nitrogens with one attached hydrogen (secondary N) is 1. The Morgan fingerprint density at radius 2 is 1.52 bits per heavy atom. The van der Waals surface area contributed by atoms with Crippen molar-refractivity contribution in [3.8, 4) is 0 Å². The molecule has 4 aromatic rings. The number of hydrogen-bond donors (Lipinski definition) is 1. The SMILES string of the molecule is CC[C@@H](C)NC(=O)[C@@H](Cc1ccccc1)N(Cc1ccc(Br)cc1)C(=O)CN(c1cccc(C(F)(F)F)c1)S(=O)(=O)c1ccc(C)cc1. The number of amides is 2. The van der Waals surface area contributed by atoms with Crippen LogP contribution in [0.15, 0.2) is 112 Å². The minimum atomic E-state index is -4.76. The van der Waals surface area contributed by atoms with Crippen LogP contribution in [0.4, 0.5) is 18.9 Å². The first kappa shape index (κ1) is 36.7. The molecule has 0 aliphatic heterocycles. The Hall–Kier alpha value is -4.16. The molecule has 0 aliphatic carbocycles. The summed E-state index contributed by atoms with van der Waals surface area (Å²) in [5.74, 6) is -1.21. The number of nitrogens with zero attached hydrogens (tertiary/aromatic N) is 2. The molecule has 2 atom stereocenters. The van der Waals surface area contributed by atoms with Gasteiger partial charge in [-0.3, -0.25) is 13.9 Å². The number of halogens is 4. The summed E-state index contributed by atoms with van der Waals surface area (Å²) in [5, 5.41) is 2.95. The van der Waals surface area contributed by atoms with Gasteiger partial charge in [0.2, 0.25) is 11.8 Å². The highest BCUT2D eigenvalue weighted by atomic mass is 79.9. The first-order valence-corrected chi connectivity index (χ1v) is 17.6. The maximum atomic E-state index is 14.5. The summed E-state index contributed by atoms with van der Waals surface area (Å²) < 4.78 is 71.1. The third kappa shape index (κ3) is 9.47. The molecule has 0 saturated carbocycles. The smallest absolute Gasteiger partial charge is 0.352 e. The molecule has 254 valence electrons. The predicted molar refractivity (Wildman–Crippen MR) is 184 cm³/mol. The van der Waals surface area contributed by atoms with Crippen LogP contribution in [0.2, 0.25) is 0 Å². The van der Waals surface area contributed by atoms with Gasteiger partial charge in [-0.25, -0.2) is 8.42 Å². The lowest BCUT2D eigenvalue weighted by Crippen LogP contribution is -2.54. The summed E-state index contributed by atoms with van der Waals surface area (Å²) in [7, 11) is -4.56. The highest BCUT2D eigenvalue weighted by Gasteiger charge is 2.36. The van der Waals surface area contributed by atoms with Gasteiger partial charge in [0, 0.05) is 23.5 Å². The zero-order chi connectivity index (χ0) is 35.1. The fourth-order valence-electron chi connectivity index (χ4n) is 4.99. The molecule has 0 unspecified atom stereocenters. The van der Waals surface area contributed by atoms with Crippen molar-refractivity contribution in [3.63, 3.8) is 0 Å². The van der Waals surface area contributed by atoms with Crippen molar-refractivity contribution in [1.29, 1.82) is 0 Å². The second-order valence-corrected chi connectivity index (χ2v) is 14.3. The van der Waals surface area contributed by atoms with Crippen LogP contribution >= 0.6 is 15.9 Å². The Kier molecular flexibility index (Phi) is 12.1. The number of rotatable bonds is 13. The predicted octanol–water partition coefficient (Wildman–Crippen LogP) is 7.53. The van der Waals surface area contributed by atoms with Gasteiger partial charge < -0.3 is 10.2 Å². The van der Waals surface area contributed by atoms with E-state index in [1.807, 2.05) is 44.2 Å². The van der Waals surface area contributed by atoms with Crippen molar-refractivity contribution in [2.45, 2.75) is 63.3 Å². The van der Waals surface area contributed by atoms with Gasteiger partial charge in [0.1, 0.15) is 12.6 Å². The summed E-state index contributed by atoms with van der Waals surface area (Å²) in [6, 6.07) is 24.5. The molecule has 1 N–H and O–H groups in total. The summed E-state index contributed by atoms with van der Waals surface area (Å²) in [5.41, 5.74) is 0.780. The Morgan fingerprint density at radius 1 is 0.875 bits per heavy atom. The molecule has 0 heterocycles. The Bertz CT molecular complexity index is 1800. The van der Waals surface area contributed by atoms with Gasteiger partial charge in [-0.2, -0.15) is 13.2 Å². The van der Waals surface area contributed by atoms with Crippen LogP contribution < -0.4 is 9.62 Å². The molecule has 2 amide bonds. The molecule has 12 heteroatoms. The van der Waals surface area contributed by atoms with Gasteiger partial charge in [0.15, 0.2) is 0 Å². The third-order valence-corrected chi connectivity index (χ3v) is 10.2. The number of hydrogen-bond acceptors (Lipinski definition) is 4. The zero-order valence-electron chi connectivity index (χ0n) is 26.7. The topological polar surface area (TPSA) is 86.8 Å². The summed E-state index contributed by atoms with van der Waals surface area (Å²) >= 11 is 3.40. The first-order chi connectivity index (χ1) is 22.7. The standard InChI is InChI=1S/C36H37BrF3N3O4S/c1-4-26(3)41-35(45)33(21-27-9-6-5-7-10-27)42(23-28-15-17-30(37)18-16-28)34(44)24-43(31-12-8-11-29(22-31)36(38,39)40)48(46,47)32-19-13-25(2)14-20-32/h5-20,22,26,33H,4,21,23-24H2,1-3H3,(H,41,45)/t26-,33-/m1/s1. The fourth-order valence-corrected chi connectivity index (χ4v) is 6.66. The molecule has 48 heavy (non-hydrogen) atoms. The Morgan fingerprint density at radius 3 is 2.12 bits per heavy atom. The molecule has 7 nitrogen and oxygen atoms in total. The monoisotopic (exact) mass is 743 g/mol. The molecule has 0 bridgehead atoms. The highest BCUT2D eigenvalue weighted by Crippen LogP contribution is 2.33. The lowest BCUT2D eigenvalue weighted by molar-refractivity contribution is -0.140. The number of benzene rings is 4. The van der Waals surface area contributed by atoms with E-state index in [-0.39, 0.29) is 29.6 Å². The quantitative estimate of drug-likeness (QED) is 0.154. The maximum absolute atomic E-state index is 14.5. The number of alkyl halides is 3. The number of carbonyl (C=O) groups excluding carboxylic acids is 2. The summed E-state index contributed by atoms with van der Waals surface area (Å²) in [6.45, 7) is 4.57. The summed E-state index contributed by atoms with van der Waals surface area (Å²) in [4.78, 5) is 29.5. The van der Waals surface area contributed by atoms with Crippen LogP contribution in [0.3, 0.4) is 0 Å². The van der Waals surface area contributed by atoms with Crippen LogP contribution in [0.25, 0.3) is 0 Å². The fraction of sp³-hybridized carbons (Fsp3) is 0.278. The van der Waals surface area contributed by atoms with E-state index < -0.39 is 46.2 Å². The van der Waals surface area contributed by atoms with E-state index in [1.54, 1.807) is 43.3 Å². The van der Waals surface area contributed by atoms with E-state index in [2.05, 4.69) is 21.2 Å². The van der Waals surface area contributed by atoms with E-state index in [4.69, 9.17) is 0 Å². The van der Waals surface area contributed by atoms with Crippen LogP contribution in [0.5, 0.6) is 0 Å². The number of sulfonamides is 1. The Labute approximate surface area is 287 Å². The average Bonchev–Trinajstić information content (AvgIpc) is 3.06. The molecule has 0 aliphatic rings. The van der Waals surface area contributed by atoms with Crippen LogP contribution in [0, 0.1) is 6.92 Å². The molecular formula is C36H37BrF3N3O4S. The molecule has 4 aromatic carbocycles. The van der Waals surface area contributed by atoms with Crippen LogP contribution in [-0.4, -0.2) is 43.8 Å². The molecule has 0 aromatic heterocycles. The average molecular weight is 745 g/mol. The maximum Gasteiger partial charge on any atom is 0.416 e. The van der Waals surface area contributed by atoms with Crippen molar-refractivity contribution in [2.24, 2.45) is 0 Å². The zero-order valence-corrected chi connectivity index (χ0v) is 29.1. The minimum absolute atomic E-state index is 0.0709. The highest BCUT2D eigenvalue weighted by molar-refractivity contribution is 9.10. The third-order valence-electron chi connectivity index (χ3n) is 7.89. The van der Waals surface area contributed by atoms with Gasteiger partial charge in [-0.05, 0) is 73.9 Å². The van der Waals surface area contributed by atoms with Gasteiger partial charge in [-0.15, -0.1) is 0 Å². The molecule has 4 rings (SSSR count). The van der Waals surface area contributed by atoms with Crippen LogP contribution in [-0.2, 0) is 38.8 Å². The second-order valence-electron chi connectivity index (χ2n) is 11.5. The molecule has 0 fully saturated rings. The van der Waals surface area contributed by atoms with E-state index in [0.717, 1.165) is 27.7 Å². The second kappa shape index (κ2) is 15.8. The largest absolute Gasteiger partial charge is 0.416 e. The van der Waals surface area contributed by atoms with Gasteiger partial charge >= 0.3 is 6.18 Å². The van der Waals surface area contributed by atoms with E-state index in [9.17, 15) is 31.2 Å². The molecule has 0 saturated heterocycles. The first-order valence-electron chi connectivity index (χ1n) is 15.3. The van der Waals surface area contributed by atoms with Gasteiger partial charge in [0.25, 0.3) is 10.0 Å². The Balaban J connectivity index is 1.84. The van der Waals surface area contributed by atoms with Crippen molar-refractivity contribution in [1.82, 2.24) is 10.2 Å². The number of carbonyl (C=O) groups is 2. The molecule has 0 spiro atoms. The van der Waals surface area contributed by atoms with E-state index in [0.29, 0.717) is 22.4 Å². The summed E-state index contributed by atoms with van der Waals surface area (Å²) in [6.07, 6.45) is -4.02. The van der Waals surface area contributed by atoms with Gasteiger partial charge in [-0.1, -0.05) is 89.1 Å².